The van der Waals surface area contributed by atoms with Gasteiger partial charge in [0.2, 0.25) is 0 Å². The monoisotopic (exact) mass is 243 g/mol. The first-order valence-electron chi connectivity index (χ1n) is 6.08. The SMILES string of the molecule is CNc1ccc(-c2c(C)cc(C)cc2C)cc1F. The van der Waals surface area contributed by atoms with Gasteiger partial charge in [0.25, 0.3) is 0 Å². The molecule has 2 aromatic rings. The number of nitrogens with one attached hydrogen (secondary N) is 1. The van der Waals surface area contributed by atoms with Crippen molar-refractivity contribution in [1.82, 2.24) is 0 Å². The largest absolute Gasteiger partial charge is 0.386 e. The summed E-state index contributed by atoms with van der Waals surface area (Å²) >= 11 is 0. The molecule has 1 N–H and O–H groups in total. The smallest absolute Gasteiger partial charge is 0.146 e. The van der Waals surface area contributed by atoms with Crippen LogP contribution in [0.15, 0.2) is 30.3 Å². The molecule has 0 aliphatic carbocycles. The zero-order valence-electron chi connectivity index (χ0n) is 11.3. The van der Waals surface area contributed by atoms with Crippen LogP contribution in [-0.2, 0) is 0 Å². The zero-order chi connectivity index (χ0) is 13.3. The number of rotatable bonds is 2. The molecule has 18 heavy (non-hydrogen) atoms. The van der Waals surface area contributed by atoms with Crippen molar-refractivity contribution in [2.75, 3.05) is 12.4 Å². The predicted molar refractivity (Wildman–Crippen MR) is 75.6 cm³/mol. The average Bonchev–Trinajstić information content (AvgIpc) is 2.27. The molecule has 94 valence electrons. The highest BCUT2D eigenvalue weighted by Gasteiger charge is 2.09. The standard InChI is InChI=1S/C16H18FN/c1-10-7-11(2)16(12(3)8-10)13-5-6-15(18-4)14(17)9-13/h5-9,18H,1-4H3. The number of hydrogen-bond donors (Lipinski definition) is 1. The summed E-state index contributed by atoms with van der Waals surface area (Å²) in [7, 11) is 1.72. The molecule has 1 nitrogen and oxygen atoms in total. The van der Waals surface area contributed by atoms with E-state index >= 15 is 0 Å². The van der Waals surface area contributed by atoms with Crippen LogP contribution in [0.4, 0.5) is 10.1 Å². The summed E-state index contributed by atoms with van der Waals surface area (Å²) in [6.07, 6.45) is 0. The van der Waals surface area contributed by atoms with E-state index in [1.807, 2.05) is 6.07 Å². The van der Waals surface area contributed by atoms with E-state index < -0.39 is 0 Å². The van der Waals surface area contributed by atoms with Crippen LogP contribution in [-0.4, -0.2) is 7.05 Å². The summed E-state index contributed by atoms with van der Waals surface area (Å²) in [5, 5.41) is 2.84. The lowest BCUT2D eigenvalue weighted by atomic mass is 9.93. The molecule has 0 spiro atoms. The molecule has 2 aromatic carbocycles. The maximum Gasteiger partial charge on any atom is 0.146 e. The number of benzene rings is 2. The molecule has 0 fully saturated rings. The van der Waals surface area contributed by atoms with Crippen molar-refractivity contribution in [1.29, 1.82) is 0 Å². The summed E-state index contributed by atoms with van der Waals surface area (Å²) in [4.78, 5) is 0. The van der Waals surface area contributed by atoms with Crippen molar-refractivity contribution in [3.63, 3.8) is 0 Å². The van der Waals surface area contributed by atoms with E-state index in [0.29, 0.717) is 5.69 Å². The highest BCUT2D eigenvalue weighted by Crippen LogP contribution is 2.30. The van der Waals surface area contributed by atoms with Crippen LogP contribution in [0, 0.1) is 26.6 Å². The fourth-order valence-electron chi connectivity index (χ4n) is 2.51. The van der Waals surface area contributed by atoms with Crippen LogP contribution in [0.3, 0.4) is 0 Å². The van der Waals surface area contributed by atoms with Gasteiger partial charge in [-0.2, -0.15) is 0 Å². The molecule has 0 aromatic heterocycles. The van der Waals surface area contributed by atoms with Gasteiger partial charge in [-0.3, -0.25) is 0 Å². The highest BCUT2D eigenvalue weighted by molar-refractivity contribution is 5.73. The minimum atomic E-state index is -0.214. The Morgan fingerprint density at radius 2 is 1.56 bits per heavy atom. The van der Waals surface area contributed by atoms with E-state index in [0.717, 1.165) is 11.1 Å². The molecule has 0 aliphatic rings. The Labute approximate surface area is 108 Å². The molecular formula is C16H18FN. The van der Waals surface area contributed by atoms with Crippen LogP contribution < -0.4 is 5.32 Å². The van der Waals surface area contributed by atoms with Gasteiger partial charge in [-0.15, -0.1) is 0 Å². The molecule has 0 bridgehead atoms. The van der Waals surface area contributed by atoms with E-state index in [4.69, 9.17) is 0 Å². The van der Waals surface area contributed by atoms with Crippen LogP contribution in [0.5, 0.6) is 0 Å². The molecule has 0 atom stereocenters. The summed E-state index contributed by atoms with van der Waals surface area (Å²) in [6, 6.07) is 9.60. The van der Waals surface area contributed by atoms with E-state index in [1.54, 1.807) is 19.2 Å². The van der Waals surface area contributed by atoms with Gasteiger partial charge in [-0.05, 0) is 55.2 Å². The summed E-state index contributed by atoms with van der Waals surface area (Å²) in [5.41, 5.74) is 6.19. The number of hydrogen-bond acceptors (Lipinski definition) is 1. The van der Waals surface area contributed by atoms with E-state index in [1.165, 1.54) is 16.7 Å². The molecule has 0 aliphatic heterocycles. The second-order valence-electron chi connectivity index (χ2n) is 4.72. The molecule has 0 radical (unpaired) electrons. The van der Waals surface area contributed by atoms with Crippen molar-refractivity contribution in [2.24, 2.45) is 0 Å². The van der Waals surface area contributed by atoms with Crippen molar-refractivity contribution < 1.29 is 4.39 Å². The number of aryl methyl sites for hydroxylation is 3. The first-order valence-corrected chi connectivity index (χ1v) is 6.08. The second kappa shape index (κ2) is 4.81. The van der Waals surface area contributed by atoms with Crippen molar-refractivity contribution >= 4 is 5.69 Å². The maximum atomic E-state index is 13.8. The Bertz CT molecular complexity index is 565. The van der Waals surface area contributed by atoms with E-state index in [-0.39, 0.29) is 5.82 Å². The maximum absolute atomic E-state index is 13.8. The molecule has 0 amide bonds. The van der Waals surface area contributed by atoms with Gasteiger partial charge >= 0.3 is 0 Å². The third-order valence-corrected chi connectivity index (χ3v) is 3.20. The zero-order valence-corrected chi connectivity index (χ0v) is 11.3. The summed E-state index contributed by atoms with van der Waals surface area (Å²) in [6.45, 7) is 6.22. The van der Waals surface area contributed by atoms with Crippen molar-refractivity contribution in [3.05, 3.63) is 52.8 Å². The number of halogens is 1. The Balaban J connectivity index is 2.59. The summed E-state index contributed by atoms with van der Waals surface area (Å²) in [5.74, 6) is -0.214. The van der Waals surface area contributed by atoms with Gasteiger partial charge in [-0.25, -0.2) is 4.39 Å². The van der Waals surface area contributed by atoms with Gasteiger partial charge in [0.1, 0.15) is 5.82 Å². The predicted octanol–water partition coefficient (Wildman–Crippen LogP) is 4.46. The van der Waals surface area contributed by atoms with Crippen LogP contribution in [0.25, 0.3) is 11.1 Å². The number of anilines is 1. The van der Waals surface area contributed by atoms with Gasteiger partial charge < -0.3 is 5.32 Å². The lowest BCUT2D eigenvalue weighted by molar-refractivity contribution is 0.632. The molecule has 0 saturated carbocycles. The second-order valence-corrected chi connectivity index (χ2v) is 4.72. The lowest BCUT2D eigenvalue weighted by Gasteiger charge is -2.13. The van der Waals surface area contributed by atoms with Gasteiger partial charge in [0.15, 0.2) is 0 Å². The quantitative estimate of drug-likeness (QED) is 0.821. The molecule has 0 heterocycles. The van der Waals surface area contributed by atoms with Crippen LogP contribution in [0.2, 0.25) is 0 Å². The summed E-state index contributed by atoms with van der Waals surface area (Å²) < 4.78 is 13.8. The van der Waals surface area contributed by atoms with E-state index in [2.05, 4.69) is 38.2 Å². The Morgan fingerprint density at radius 3 is 2.06 bits per heavy atom. The fourth-order valence-corrected chi connectivity index (χ4v) is 2.51. The van der Waals surface area contributed by atoms with Gasteiger partial charge in [0.05, 0.1) is 5.69 Å². The highest BCUT2D eigenvalue weighted by atomic mass is 19.1. The molecule has 2 heteroatoms. The van der Waals surface area contributed by atoms with Crippen molar-refractivity contribution in [3.8, 4) is 11.1 Å². The van der Waals surface area contributed by atoms with Gasteiger partial charge in [-0.1, -0.05) is 23.8 Å². The van der Waals surface area contributed by atoms with Crippen molar-refractivity contribution in [2.45, 2.75) is 20.8 Å². The van der Waals surface area contributed by atoms with E-state index in [9.17, 15) is 4.39 Å². The van der Waals surface area contributed by atoms with Gasteiger partial charge in [0, 0.05) is 7.05 Å². The third kappa shape index (κ3) is 2.23. The fraction of sp³-hybridized carbons (Fsp3) is 0.250. The molecule has 0 saturated heterocycles. The third-order valence-electron chi connectivity index (χ3n) is 3.20. The molecule has 2 rings (SSSR count). The Morgan fingerprint density at radius 1 is 0.944 bits per heavy atom. The Hall–Kier alpha value is -1.83. The first-order chi connectivity index (χ1) is 8.52. The Kier molecular flexibility index (Phi) is 3.37. The first kappa shape index (κ1) is 12.6. The molecular weight excluding hydrogens is 225 g/mol. The van der Waals surface area contributed by atoms with Crippen LogP contribution >= 0.6 is 0 Å². The minimum absolute atomic E-state index is 0.214. The lowest BCUT2D eigenvalue weighted by Crippen LogP contribution is -1.95. The molecule has 0 unspecified atom stereocenters. The minimum Gasteiger partial charge on any atom is -0.386 e. The topological polar surface area (TPSA) is 12.0 Å². The van der Waals surface area contributed by atoms with Crippen LogP contribution in [0.1, 0.15) is 16.7 Å². The average molecular weight is 243 g/mol. The normalized spacial score (nSPS) is 10.5.